The summed E-state index contributed by atoms with van der Waals surface area (Å²) in [4.78, 5) is 12.3. The smallest absolute Gasteiger partial charge is 0.244 e. The molecule has 0 spiro atoms. The number of fused-ring (bicyclic) bond motifs is 1. The van der Waals surface area contributed by atoms with Gasteiger partial charge in [0.2, 0.25) is 5.91 Å². The van der Waals surface area contributed by atoms with Gasteiger partial charge in [-0.15, -0.1) is 0 Å². The summed E-state index contributed by atoms with van der Waals surface area (Å²) in [5.74, 6) is 0.246. The van der Waals surface area contributed by atoms with Crippen LogP contribution in [0.1, 0.15) is 12.8 Å². The van der Waals surface area contributed by atoms with Crippen LogP contribution < -0.4 is 16.0 Å². The zero-order valence-corrected chi connectivity index (χ0v) is 12.4. The summed E-state index contributed by atoms with van der Waals surface area (Å²) in [5, 5.41) is 9.39. The molecule has 114 valence electrons. The van der Waals surface area contributed by atoms with Crippen LogP contribution in [0.25, 0.3) is 0 Å². The highest BCUT2D eigenvalue weighted by atomic mass is 32.2. The standard InChI is InChI=1S/C14H19N3O3S/c18-14(16-10-5-7-21(19,20)8-6-10)13-9-15-11-3-1-2-4-12(11)17-13/h1-4,10,13,15,17H,5-9H2,(H,16,18). The van der Waals surface area contributed by atoms with Crippen molar-refractivity contribution >= 4 is 27.1 Å². The maximum atomic E-state index is 12.3. The van der Waals surface area contributed by atoms with Crippen molar-refractivity contribution in [3.63, 3.8) is 0 Å². The van der Waals surface area contributed by atoms with Crippen molar-refractivity contribution in [2.24, 2.45) is 0 Å². The fourth-order valence-corrected chi connectivity index (χ4v) is 4.20. The first-order chi connectivity index (χ1) is 10.0. The summed E-state index contributed by atoms with van der Waals surface area (Å²) in [5.41, 5.74) is 1.90. The highest BCUT2D eigenvalue weighted by Gasteiger charge is 2.28. The maximum Gasteiger partial charge on any atom is 0.244 e. The van der Waals surface area contributed by atoms with Crippen molar-refractivity contribution in [3.05, 3.63) is 24.3 Å². The van der Waals surface area contributed by atoms with Crippen LogP contribution in [0.4, 0.5) is 11.4 Å². The van der Waals surface area contributed by atoms with E-state index in [1.807, 2.05) is 24.3 Å². The van der Waals surface area contributed by atoms with E-state index in [0.717, 1.165) is 11.4 Å². The summed E-state index contributed by atoms with van der Waals surface area (Å²) in [6.45, 7) is 0.522. The maximum absolute atomic E-state index is 12.3. The van der Waals surface area contributed by atoms with Gasteiger partial charge in [0, 0.05) is 12.6 Å². The minimum atomic E-state index is -2.90. The summed E-state index contributed by atoms with van der Waals surface area (Å²) in [6, 6.07) is 7.37. The van der Waals surface area contributed by atoms with Gasteiger partial charge in [0.1, 0.15) is 15.9 Å². The number of hydrogen-bond donors (Lipinski definition) is 3. The molecule has 0 saturated carbocycles. The van der Waals surface area contributed by atoms with Crippen molar-refractivity contribution in [1.82, 2.24) is 5.32 Å². The van der Waals surface area contributed by atoms with Crippen LogP contribution in [0.5, 0.6) is 0 Å². The molecule has 2 aliphatic rings. The third kappa shape index (κ3) is 3.29. The first-order valence-electron chi connectivity index (χ1n) is 7.14. The van der Waals surface area contributed by atoms with Crippen LogP contribution in [-0.4, -0.2) is 44.5 Å². The largest absolute Gasteiger partial charge is 0.381 e. The van der Waals surface area contributed by atoms with Crippen molar-refractivity contribution in [2.45, 2.75) is 24.9 Å². The molecule has 0 radical (unpaired) electrons. The summed E-state index contributed by atoms with van der Waals surface area (Å²) in [7, 11) is -2.90. The second kappa shape index (κ2) is 5.55. The molecular formula is C14H19N3O3S. The minimum Gasteiger partial charge on any atom is -0.381 e. The fraction of sp³-hybridized carbons (Fsp3) is 0.500. The van der Waals surface area contributed by atoms with Gasteiger partial charge in [-0.1, -0.05) is 12.1 Å². The van der Waals surface area contributed by atoms with Gasteiger partial charge in [0.25, 0.3) is 0 Å². The quantitative estimate of drug-likeness (QED) is 0.744. The first kappa shape index (κ1) is 14.2. The summed E-state index contributed by atoms with van der Waals surface area (Å²) >= 11 is 0. The van der Waals surface area contributed by atoms with Gasteiger partial charge in [-0.3, -0.25) is 4.79 Å². The number of amides is 1. The Hall–Kier alpha value is -1.76. The number of anilines is 2. The lowest BCUT2D eigenvalue weighted by molar-refractivity contribution is -0.122. The van der Waals surface area contributed by atoms with Crippen molar-refractivity contribution in [1.29, 1.82) is 0 Å². The monoisotopic (exact) mass is 309 g/mol. The van der Waals surface area contributed by atoms with Crippen LogP contribution in [0.15, 0.2) is 24.3 Å². The average molecular weight is 309 g/mol. The molecule has 1 saturated heterocycles. The molecule has 2 heterocycles. The Morgan fingerprint density at radius 2 is 1.81 bits per heavy atom. The van der Waals surface area contributed by atoms with Gasteiger partial charge < -0.3 is 16.0 Å². The third-order valence-electron chi connectivity index (χ3n) is 3.97. The van der Waals surface area contributed by atoms with Gasteiger partial charge >= 0.3 is 0 Å². The van der Waals surface area contributed by atoms with Crippen LogP contribution in [0, 0.1) is 0 Å². The Bertz CT molecular complexity index is 631. The van der Waals surface area contributed by atoms with Gasteiger partial charge in [-0.2, -0.15) is 0 Å². The lowest BCUT2D eigenvalue weighted by atomic mass is 10.1. The Labute approximate surface area is 124 Å². The van der Waals surface area contributed by atoms with Gasteiger partial charge in [0.15, 0.2) is 0 Å². The number of carbonyl (C=O) groups is 1. The van der Waals surface area contributed by atoms with Crippen LogP contribution >= 0.6 is 0 Å². The number of nitrogens with one attached hydrogen (secondary N) is 3. The van der Waals surface area contributed by atoms with Crippen LogP contribution in [0.3, 0.4) is 0 Å². The minimum absolute atomic E-state index is 0.0417. The Morgan fingerprint density at radius 1 is 1.14 bits per heavy atom. The number of hydrogen-bond acceptors (Lipinski definition) is 5. The van der Waals surface area contributed by atoms with E-state index in [4.69, 9.17) is 0 Å². The number of benzene rings is 1. The van der Waals surface area contributed by atoms with Gasteiger partial charge in [-0.05, 0) is 25.0 Å². The molecule has 1 unspecified atom stereocenters. The Balaban J connectivity index is 1.58. The molecule has 0 aromatic heterocycles. The second-order valence-corrected chi connectivity index (χ2v) is 7.86. The third-order valence-corrected chi connectivity index (χ3v) is 5.69. The van der Waals surface area contributed by atoms with Crippen LogP contribution in [-0.2, 0) is 14.6 Å². The lowest BCUT2D eigenvalue weighted by Crippen LogP contribution is -2.50. The highest BCUT2D eigenvalue weighted by Crippen LogP contribution is 2.25. The van der Waals surface area contributed by atoms with Gasteiger partial charge in [0.05, 0.1) is 22.9 Å². The van der Waals surface area contributed by atoms with Crippen molar-refractivity contribution in [2.75, 3.05) is 28.7 Å². The average Bonchev–Trinajstić information content (AvgIpc) is 2.49. The number of rotatable bonds is 2. The van der Waals surface area contributed by atoms with E-state index in [1.54, 1.807) is 0 Å². The predicted molar refractivity (Wildman–Crippen MR) is 82.2 cm³/mol. The number of sulfone groups is 1. The molecule has 7 heteroatoms. The molecule has 2 aliphatic heterocycles. The molecular weight excluding hydrogens is 290 g/mol. The molecule has 3 N–H and O–H groups in total. The topological polar surface area (TPSA) is 87.3 Å². The molecule has 1 fully saturated rings. The predicted octanol–water partition coefficient (Wildman–Crippen LogP) is 0.586. The molecule has 21 heavy (non-hydrogen) atoms. The van der Waals surface area contributed by atoms with Crippen molar-refractivity contribution < 1.29 is 13.2 Å². The SMILES string of the molecule is O=C(NC1CCS(=O)(=O)CC1)C1CNc2ccccc2N1. The normalized spacial score (nSPS) is 24.3. The van der Waals surface area contributed by atoms with E-state index in [9.17, 15) is 13.2 Å². The van der Waals surface area contributed by atoms with E-state index >= 15 is 0 Å². The van der Waals surface area contributed by atoms with E-state index in [1.165, 1.54) is 0 Å². The summed E-state index contributed by atoms with van der Waals surface area (Å²) in [6.07, 6.45) is 1.01. The first-order valence-corrected chi connectivity index (χ1v) is 8.96. The molecule has 0 bridgehead atoms. The second-order valence-electron chi connectivity index (χ2n) is 5.56. The zero-order chi connectivity index (χ0) is 14.9. The van der Waals surface area contributed by atoms with E-state index in [2.05, 4.69) is 16.0 Å². The molecule has 1 atom stereocenters. The number of para-hydroxylation sites is 2. The molecule has 6 nitrogen and oxygen atoms in total. The molecule has 1 amide bonds. The van der Waals surface area contributed by atoms with E-state index < -0.39 is 9.84 Å². The fourth-order valence-electron chi connectivity index (χ4n) is 2.71. The van der Waals surface area contributed by atoms with Gasteiger partial charge in [-0.25, -0.2) is 8.42 Å². The molecule has 0 aliphatic carbocycles. The molecule has 1 aromatic carbocycles. The highest BCUT2D eigenvalue weighted by molar-refractivity contribution is 7.91. The van der Waals surface area contributed by atoms with Crippen LogP contribution in [0.2, 0.25) is 0 Å². The Kier molecular flexibility index (Phi) is 3.75. The van der Waals surface area contributed by atoms with E-state index in [0.29, 0.717) is 19.4 Å². The molecule has 3 rings (SSSR count). The molecule has 1 aromatic rings. The Morgan fingerprint density at radius 3 is 2.52 bits per heavy atom. The summed E-state index contributed by atoms with van der Waals surface area (Å²) < 4.78 is 22.8. The van der Waals surface area contributed by atoms with E-state index in [-0.39, 0.29) is 29.5 Å². The lowest BCUT2D eigenvalue weighted by Gasteiger charge is -2.30. The number of carbonyl (C=O) groups excluding carboxylic acids is 1. The zero-order valence-electron chi connectivity index (χ0n) is 11.6. The van der Waals surface area contributed by atoms with Crippen molar-refractivity contribution in [3.8, 4) is 0 Å².